The summed E-state index contributed by atoms with van der Waals surface area (Å²) in [5, 5.41) is 3.18. The molecule has 5 nitrogen and oxygen atoms in total. The summed E-state index contributed by atoms with van der Waals surface area (Å²) < 4.78 is 17.2. The van der Waals surface area contributed by atoms with Crippen LogP contribution < -0.4 is 10.1 Å². The number of fused-ring (bicyclic) bond motifs is 1. The molecule has 0 saturated carbocycles. The molecule has 1 heterocycles. The molecule has 1 aliphatic heterocycles. The van der Waals surface area contributed by atoms with Crippen LogP contribution in [0.5, 0.6) is 5.75 Å². The minimum atomic E-state index is -0.301. The first kappa shape index (κ1) is 18.5. The molecule has 1 unspecified atom stereocenters. The molecule has 5 heteroatoms. The van der Waals surface area contributed by atoms with Crippen molar-refractivity contribution in [1.29, 1.82) is 0 Å². The summed E-state index contributed by atoms with van der Waals surface area (Å²) in [5.74, 6) is 3.12. The van der Waals surface area contributed by atoms with E-state index in [1.54, 1.807) is 12.1 Å². The standard InChI is InChI=1S/C22H21NO4/c24-13-6-14-25-17-20(26-16-18-7-2-1-3-8-18)15-23-22-12-11-19-9-4-5-10-21(19)27-22/h1-12,15,22-23H,14,16-17H2. The minimum Gasteiger partial charge on any atom is -0.489 e. The van der Waals surface area contributed by atoms with E-state index in [4.69, 9.17) is 14.2 Å². The van der Waals surface area contributed by atoms with E-state index in [0.29, 0.717) is 12.4 Å². The Labute approximate surface area is 158 Å². The molecule has 1 N–H and O–H groups in total. The van der Waals surface area contributed by atoms with Gasteiger partial charge in [0.15, 0.2) is 6.23 Å². The number of hydrogen-bond donors (Lipinski definition) is 1. The summed E-state index contributed by atoms with van der Waals surface area (Å²) in [4.78, 5) is 10.3. The van der Waals surface area contributed by atoms with Crippen molar-refractivity contribution in [2.24, 2.45) is 0 Å². The first-order valence-electron chi connectivity index (χ1n) is 8.68. The quantitative estimate of drug-likeness (QED) is 0.420. The van der Waals surface area contributed by atoms with Crippen molar-refractivity contribution in [3.8, 4) is 5.75 Å². The lowest BCUT2D eigenvalue weighted by Gasteiger charge is -2.22. The van der Waals surface area contributed by atoms with Gasteiger partial charge in [-0.3, -0.25) is 0 Å². The van der Waals surface area contributed by atoms with Crippen molar-refractivity contribution >= 4 is 12.0 Å². The molecule has 2 aromatic rings. The Kier molecular flexibility index (Phi) is 6.87. The van der Waals surface area contributed by atoms with Gasteiger partial charge in [0.2, 0.25) is 0 Å². The van der Waals surface area contributed by atoms with Crippen LogP contribution in [0, 0.1) is 0 Å². The number of rotatable bonds is 9. The number of carbonyl (C=O) groups excluding carboxylic acids is 1. The van der Waals surface area contributed by atoms with Gasteiger partial charge in [0.25, 0.3) is 0 Å². The average Bonchev–Trinajstić information content (AvgIpc) is 2.73. The second kappa shape index (κ2) is 10.0. The molecule has 0 fully saturated rings. The fourth-order valence-corrected chi connectivity index (χ4v) is 2.49. The number of hydrogen-bond acceptors (Lipinski definition) is 5. The molecule has 0 spiro atoms. The lowest BCUT2D eigenvalue weighted by Crippen LogP contribution is -2.30. The lowest BCUT2D eigenvalue weighted by atomic mass is 10.1. The average molecular weight is 363 g/mol. The first-order chi connectivity index (χ1) is 13.3. The Hall–Kier alpha value is -3.27. The summed E-state index contributed by atoms with van der Waals surface area (Å²) in [6, 6.07) is 17.7. The maximum Gasteiger partial charge on any atom is 0.189 e. The molecule has 138 valence electrons. The molecule has 3 rings (SSSR count). The van der Waals surface area contributed by atoms with Crippen LogP contribution in [0.25, 0.3) is 6.08 Å². The van der Waals surface area contributed by atoms with Crippen LogP contribution in [0.3, 0.4) is 0 Å². The number of benzene rings is 2. The Balaban J connectivity index is 1.59. The van der Waals surface area contributed by atoms with Gasteiger partial charge in [-0.15, -0.1) is 0 Å². The molecule has 27 heavy (non-hydrogen) atoms. The summed E-state index contributed by atoms with van der Waals surface area (Å²) in [6.45, 7) is 0.833. The molecule has 2 aromatic carbocycles. The highest BCUT2D eigenvalue weighted by Crippen LogP contribution is 2.24. The molecule has 0 amide bonds. The van der Waals surface area contributed by atoms with Crippen molar-refractivity contribution in [3.63, 3.8) is 0 Å². The van der Waals surface area contributed by atoms with Gasteiger partial charge in [0, 0.05) is 17.8 Å². The molecule has 1 aliphatic rings. The van der Waals surface area contributed by atoms with Crippen LogP contribution in [-0.2, 0) is 20.9 Å². The monoisotopic (exact) mass is 363 g/mol. The van der Waals surface area contributed by atoms with Gasteiger partial charge in [-0.2, -0.15) is 0 Å². The molecule has 1 atom stereocenters. The number of nitrogens with one attached hydrogen (secondary N) is 1. The molecular formula is C22H21NO4. The maximum atomic E-state index is 10.3. The van der Waals surface area contributed by atoms with Gasteiger partial charge in [0.1, 0.15) is 30.7 Å². The zero-order valence-electron chi connectivity index (χ0n) is 14.8. The van der Waals surface area contributed by atoms with E-state index in [0.717, 1.165) is 16.9 Å². The Morgan fingerprint density at radius 1 is 1.15 bits per heavy atom. The Bertz CT molecular complexity index is 838. The Morgan fingerprint density at radius 3 is 2.81 bits per heavy atom. The van der Waals surface area contributed by atoms with Crippen LogP contribution in [0.1, 0.15) is 11.1 Å². The zero-order valence-corrected chi connectivity index (χ0v) is 14.8. The minimum absolute atomic E-state index is 0.183. The predicted molar refractivity (Wildman–Crippen MR) is 103 cm³/mol. The summed E-state index contributed by atoms with van der Waals surface area (Å²) in [5.41, 5.74) is 2.10. The van der Waals surface area contributed by atoms with Gasteiger partial charge in [0.05, 0.1) is 6.61 Å². The van der Waals surface area contributed by atoms with Crippen LogP contribution >= 0.6 is 0 Å². The highest BCUT2D eigenvalue weighted by molar-refractivity contribution is 5.59. The lowest BCUT2D eigenvalue weighted by molar-refractivity contribution is 0.104. The van der Waals surface area contributed by atoms with Gasteiger partial charge in [-0.25, -0.2) is 4.79 Å². The van der Waals surface area contributed by atoms with Crippen LogP contribution in [-0.4, -0.2) is 25.4 Å². The second-order valence-corrected chi connectivity index (χ2v) is 5.82. The van der Waals surface area contributed by atoms with Crippen molar-refractivity contribution in [3.05, 3.63) is 89.8 Å². The third kappa shape index (κ3) is 5.89. The summed E-state index contributed by atoms with van der Waals surface area (Å²) in [6.07, 6.45) is 6.66. The first-order valence-corrected chi connectivity index (χ1v) is 8.68. The van der Waals surface area contributed by atoms with Gasteiger partial charge < -0.3 is 19.5 Å². The second-order valence-electron chi connectivity index (χ2n) is 5.82. The maximum absolute atomic E-state index is 10.3. The molecule has 0 saturated heterocycles. The highest BCUT2D eigenvalue weighted by Gasteiger charge is 2.12. The Morgan fingerprint density at radius 2 is 1.96 bits per heavy atom. The van der Waals surface area contributed by atoms with E-state index in [9.17, 15) is 4.79 Å². The van der Waals surface area contributed by atoms with Crippen molar-refractivity contribution in [2.45, 2.75) is 12.8 Å². The number of ether oxygens (including phenoxy) is 3. The molecule has 0 aromatic heterocycles. The highest BCUT2D eigenvalue weighted by atomic mass is 16.5. The summed E-state index contributed by atoms with van der Waals surface area (Å²) in [7, 11) is 0. The molecule has 0 radical (unpaired) electrons. The number of para-hydroxylation sites is 1. The molecular weight excluding hydrogens is 342 g/mol. The van der Waals surface area contributed by atoms with Gasteiger partial charge in [-0.1, -0.05) is 48.5 Å². The largest absolute Gasteiger partial charge is 0.489 e. The summed E-state index contributed by atoms with van der Waals surface area (Å²) >= 11 is 0. The zero-order chi connectivity index (χ0) is 18.7. The van der Waals surface area contributed by atoms with Gasteiger partial charge in [-0.05, 0) is 23.8 Å². The smallest absolute Gasteiger partial charge is 0.189 e. The molecule has 0 aliphatic carbocycles. The van der Waals surface area contributed by atoms with Crippen LogP contribution in [0.4, 0.5) is 0 Å². The van der Waals surface area contributed by atoms with Crippen molar-refractivity contribution in [2.75, 3.05) is 13.2 Å². The van der Waals surface area contributed by atoms with E-state index < -0.39 is 0 Å². The third-order valence-corrected chi connectivity index (χ3v) is 3.83. The SMILES string of the molecule is O=C=CCOCC(=CNC1C=Cc2ccccc2O1)OCc1ccccc1. The van der Waals surface area contributed by atoms with Crippen molar-refractivity contribution < 1.29 is 19.0 Å². The van der Waals surface area contributed by atoms with E-state index in [1.165, 1.54) is 6.08 Å². The van der Waals surface area contributed by atoms with E-state index in [-0.39, 0.29) is 19.4 Å². The fraction of sp³-hybridized carbons (Fsp3) is 0.182. The predicted octanol–water partition coefficient (Wildman–Crippen LogP) is 3.47. The third-order valence-electron chi connectivity index (χ3n) is 3.83. The van der Waals surface area contributed by atoms with E-state index in [2.05, 4.69) is 5.32 Å². The van der Waals surface area contributed by atoms with Crippen molar-refractivity contribution in [1.82, 2.24) is 5.32 Å². The van der Waals surface area contributed by atoms with E-state index in [1.807, 2.05) is 66.7 Å². The molecule has 0 bridgehead atoms. The topological polar surface area (TPSA) is 56.8 Å². The van der Waals surface area contributed by atoms with Crippen LogP contribution in [0.2, 0.25) is 0 Å². The normalized spacial score (nSPS) is 15.3. The fourth-order valence-electron chi connectivity index (χ4n) is 2.49. The van der Waals surface area contributed by atoms with E-state index >= 15 is 0 Å². The van der Waals surface area contributed by atoms with Crippen LogP contribution in [0.15, 0.2) is 78.7 Å². The van der Waals surface area contributed by atoms with Gasteiger partial charge >= 0.3 is 0 Å².